The Kier molecular flexibility index (Phi) is 6.30. The number of aromatic nitrogens is 1. The van der Waals surface area contributed by atoms with Crippen molar-refractivity contribution in [1.29, 1.82) is 5.41 Å². The van der Waals surface area contributed by atoms with Crippen LogP contribution in [-0.2, 0) is 0 Å². The summed E-state index contributed by atoms with van der Waals surface area (Å²) >= 11 is 0. The van der Waals surface area contributed by atoms with Crippen LogP contribution in [-0.4, -0.2) is 17.2 Å². The number of nitrogens with zero attached hydrogens (tertiary/aromatic N) is 1. The van der Waals surface area contributed by atoms with Crippen molar-refractivity contribution in [3.8, 4) is 0 Å². The maximum Gasteiger partial charge on any atom is 0.135 e. The summed E-state index contributed by atoms with van der Waals surface area (Å²) in [7, 11) is 0. The molecule has 3 nitrogen and oxygen atoms in total. The van der Waals surface area contributed by atoms with Crippen LogP contribution in [0.15, 0.2) is 18.3 Å². The zero-order valence-electron chi connectivity index (χ0n) is 10.9. The highest BCUT2D eigenvalue weighted by atomic mass is 15.0. The van der Waals surface area contributed by atoms with Gasteiger partial charge in [-0.25, -0.2) is 4.98 Å². The summed E-state index contributed by atoms with van der Waals surface area (Å²) in [5.41, 5.74) is 1.58. The first kappa shape index (κ1) is 13.7. The second kappa shape index (κ2) is 7.82. The molecule has 0 saturated carbocycles. The van der Waals surface area contributed by atoms with Gasteiger partial charge in [0.2, 0.25) is 0 Å². The Morgan fingerprint density at radius 1 is 1.29 bits per heavy atom. The van der Waals surface area contributed by atoms with E-state index < -0.39 is 0 Å². The van der Waals surface area contributed by atoms with Gasteiger partial charge in [-0.05, 0) is 25.0 Å². The van der Waals surface area contributed by atoms with Crippen LogP contribution in [0.25, 0.3) is 0 Å². The van der Waals surface area contributed by atoms with Gasteiger partial charge in [0.05, 0.1) is 0 Å². The molecule has 0 fully saturated rings. The van der Waals surface area contributed by atoms with Crippen molar-refractivity contribution in [3.05, 3.63) is 23.9 Å². The maximum atomic E-state index is 7.89. The van der Waals surface area contributed by atoms with Gasteiger partial charge in [-0.3, -0.25) is 0 Å². The van der Waals surface area contributed by atoms with E-state index >= 15 is 0 Å². The molecule has 0 aliphatic carbocycles. The van der Waals surface area contributed by atoms with Crippen molar-refractivity contribution < 1.29 is 0 Å². The minimum absolute atomic E-state index is 0.647. The summed E-state index contributed by atoms with van der Waals surface area (Å²) in [5, 5.41) is 11.2. The van der Waals surface area contributed by atoms with Gasteiger partial charge in [0, 0.05) is 24.0 Å². The Hall–Kier alpha value is -1.38. The fourth-order valence-electron chi connectivity index (χ4n) is 1.74. The standard InChI is InChI=1S/C14H23N3/c1-3-5-6-7-10-16-14-12(13(15)4-2)9-8-11-17-14/h8-9,11,15H,3-7,10H2,1-2H3,(H,16,17). The Bertz CT molecular complexity index is 347. The van der Waals surface area contributed by atoms with Gasteiger partial charge >= 0.3 is 0 Å². The van der Waals surface area contributed by atoms with Gasteiger partial charge in [0.1, 0.15) is 5.82 Å². The molecule has 0 amide bonds. The third-order valence-corrected chi connectivity index (χ3v) is 2.81. The van der Waals surface area contributed by atoms with Crippen LogP contribution in [0.1, 0.15) is 51.5 Å². The van der Waals surface area contributed by atoms with Crippen molar-refractivity contribution in [2.45, 2.75) is 46.0 Å². The predicted molar refractivity (Wildman–Crippen MR) is 74.0 cm³/mol. The van der Waals surface area contributed by atoms with E-state index in [1.54, 1.807) is 6.20 Å². The molecule has 0 atom stereocenters. The van der Waals surface area contributed by atoms with Crippen molar-refractivity contribution in [3.63, 3.8) is 0 Å². The van der Waals surface area contributed by atoms with Crippen molar-refractivity contribution in [1.82, 2.24) is 4.98 Å². The lowest BCUT2D eigenvalue weighted by atomic mass is 10.1. The Labute approximate surface area is 104 Å². The Morgan fingerprint density at radius 3 is 2.82 bits per heavy atom. The van der Waals surface area contributed by atoms with Crippen LogP contribution in [0, 0.1) is 5.41 Å². The maximum absolute atomic E-state index is 7.89. The third kappa shape index (κ3) is 4.55. The smallest absolute Gasteiger partial charge is 0.135 e. The summed E-state index contributed by atoms with van der Waals surface area (Å²) in [4.78, 5) is 4.31. The molecule has 2 N–H and O–H groups in total. The van der Waals surface area contributed by atoms with Gasteiger partial charge in [-0.2, -0.15) is 0 Å². The molecule has 1 aromatic rings. The summed E-state index contributed by atoms with van der Waals surface area (Å²) in [6, 6.07) is 3.86. The highest BCUT2D eigenvalue weighted by Gasteiger charge is 2.06. The van der Waals surface area contributed by atoms with Crippen LogP contribution in [0.5, 0.6) is 0 Å². The van der Waals surface area contributed by atoms with Crippen LogP contribution in [0.3, 0.4) is 0 Å². The minimum atomic E-state index is 0.647. The van der Waals surface area contributed by atoms with Gasteiger partial charge < -0.3 is 10.7 Å². The molecule has 0 aliphatic heterocycles. The second-order valence-corrected chi connectivity index (χ2v) is 4.22. The SMILES string of the molecule is CCCCCCNc1ncccc1C(=N)CC. The molecular formula is C14H23N3. The average Bonchev–Trinajstić information content (AvgIpc) is 2.38. The van der Waals surface area contributed by atoms with E-state index in [4.69, 9.17) is 5.41 Å². The van der Waals surface area contributed by atoms with E-state index in [-0.39, 0.29) is 0 Å². The van der Waals surface area contributed by atoms with Gasteiger partial charge in [0.25, 0.3) is 0 Å². The molecule has 3 heteroatoms. The highest BCUT2D eigenvalue weighted by molar-refractivity contribution is 6.01. The molecule has 1 aromatic heterocycles. The fraction of sp³-hybridized carbons (Fsp3) is 0.571. The minimum Gasteiger partial charge on any atom is -0.370 e. The molecule has 1 rings (SSSR count). The molecular weight excluding hydrogens is 210 g/mol. The lowest BCUT2D eigenvalue weighted by molar-refractivity contribution is 0.684. The normalized spacial score (nSPS) is 10.2. The highest BCUT2D eigenvalue weighted by Crippen LogP contribution is 2.13. The van der Waals surface area contributed by atoms with E-state index in [0.717, 1.165) is 24.3 Å². The Balaban J connectivity index is 2.49. The topological polar surface area (TPSA) is 48.8 Å². The molecule has 0 aromatic carbocycles. The summed E-state index contributed by atoms with van der Waals surface area (Å²) < 4.78 is 0. The molecule has 0 aliphatic rings. The molecule has 17 heavy (non-hydrogen) atoms. The lowest BCUT2D eigenvalue weighted by Crippen LogP contribution is -2.09. The second-order valence-electron chi connectivity index (χ2n) is 4.22. The molecule has 1 heterocycles. The molecule has 94 valence electrons. The monoisotopic (exact) mass is 233 g/mol. The largest absolute Gasteiger partial charge is 0.370 e. The number of hydrogen-bond acceptors (Lipinski definition) is 3. The van der Waals surface area contributed by atoms with E-state index in [1.165, 1.54) is 25.7 Å². The quantitative estimate of drug-likeness (QED) is 0.529. The molecule has 0 radical (unpaired) electrons. The summed E-state index contributed by atoms with van der Waals surface area (Å²) in [6.07, 6.45) is 7.51. The van der Waals surface area contributed by atoms with Crippen LogP contribution < -0.4 is 5.32 Å². The average molecular weight is 233 g/mol. The molecule has 0 saturated heterocycles. The first-order chi connectivity index (χ1) is 8.29. The van der Waals surface area contributed by atoms with Gasteiger partial charge in [0.15, 0.2) is 0 Å². The number of nitrogens with one attached hydrogen (secondary N) is 2. The van der Waals surface area contributed by atoms with E-state index in [9.17, 15) is 0 Å². The fourth-order valence-corrected chi connectivity index (χ4v) is 1.74. The first-order valence-electron chi connectivity index (χ1n) is 6.56. The van der Waals surface area contributed by atoms with Crippen molar-refractivity contribution in [2.75, 3.05) is 11.9 Å². The Morgan fingerprint density at radius 2 is 2.12 bits per heavy atom. The summed E-state index contributed by atoms with van der Waals surface area (Å²) in [6.45, 7) is 5.16. The third-order valence-electron chi connectivity index (χ3n) is 2.81. The number of pyridine rings is 1. The van der Waals surface area contributed by atoms with Crippen LogP contribution in [0.4, 0.5) is 5.82 Å². The summed E-state index contributed by atoms with van der Waals surface area (Å²) in [5.74, 6) is 0.857. The van der Waals surface area contributed by atoms with E-state index in [1.807, 2.05) is 19.1 Å². The molecule has 0 spiro atoms. The zero-order chi connectivity index (χ0) is 12.5. The predicted octanol–water partition coefficient (Wildman–Crippen LogP) is 3.85. The number of rotatable bonds is 8. The van der Waals surface area contributed by atoms with E-state index in [2.05, 4.69) is 17.2 Å². The lowest BCUT2D eigenvalue weighted by Gasteiger charge is -2.10. The van der Waals surface area contributed by atoms with Gasteiger partial charge in [-0.1, -0.05) is 33.1 Å². The molecule has 0 unspecified atom stereocenters. The first-order valence-corrected chi connectivity index (χ1v) is 6.56. The van der Waals surface area contributed by atoms with Crippen molar-refractivity contribution in [2.24, 2.45) is 0 Å². The zero-order valence-corrected chi connectivity index (χ0v) is 10.9. The van der Waals surface area contributed by atoms with Gasteiger partial charge in [-0.15, -0.1) is 0 Å². The van der Waals surface area contributed by atoms with Crippen LogP contribution >= 0.6 is 0 Å². The number of hydrogen-bond donors (Lipinski definition) is 2. The molecule has 0 bridgehead atoms. The number of unbranched alkanes of at least 4 members (excludes halogenated alkanes) is 3. The number of anilines is 1. The van der Waals surface area contributed by atoms with Crippen molar-refractivity contribution >= 4 is 11.5 Å². The van der Waals surface area contributed by atoms with Crippen LogP contribution in [0.2, 0.25) is 0 Å². The van der Waals surface area contributed by atoms with E-state index in [0.29, 0.717) is 5.71 Å².